The first kappa shape index (κ1) is 19.0. The van der Waals surface area contributed by atoms with Crippen molar-refractivity contribution in [3.8, 4) is 5.75 Å². The lowest BCUT2D eigenvalue weighted by molar-refractivity contribution is 0.104. The van der Waals surface area contributed by atoms with E-state index in [9.17, 15) is 4.79 Å². The van der Waals surface area contributed by atoms with Crippen LogP contribution in [0.15, 0.2) is 59.5 Å². The highest BCUT2D eigenvalue weighted by molar-refractivity contribution is 6.32. The molecule has 1 fully saturated rings. The molecular weight excluding hydrogens is 372 g/mol. The van der Waals surface area contributed by atoms with E-state index in [0.29, 0.717) is 22.1 Å². The van der Waals surface area contributed by atoms with Crippen LogP contribution in [0.1, 0.15) is 38.2 Å². The number of aromatic amines is 1. The molecule has 0 amide bonds. The maximum atomic E-state index is 11.9. The SMILES string of the molecule is CC(N)(c1ccccc1)C1CCC(Oc2cc3cc[nH]c(=O)c3cc2Cl)CC1. The van der Waals surface area contributed by atoms with Crippen LogP contribution in [0, 0.1) is 5.92 Å². The molecule has 5 heteroatoms. The third-order valence-electron chi connectivity index (χ3n) is 6.04. The fourth-order valence-corrected chi connectivity index (χ4v) is 4.48. The second-order valence-electron chi connectivity index (χ2n) is 7.92. The molecule has 4 rings (SSSR count). The van der Waals surface area contributed by atoms with Crippen molar-refractivity contribution in [3.63, 3.8) is 0 Å². The van der Waals surface area contributed by atoms with Gasteiger partial charge >= 0.3 is 0 Å². The zero-order valence-corrected chi connectivity index (χ0v) is 16.7. The van der Waals surface area contributed by atoms with E-state index in [1.807, 2.05) is 30.3 Å². The topological polar surface area (TPSA) is 68.1 Å². The number of aromatic nitrogens is 1. The molecule has 28 heavy (non-hydrogen) atoms. The molecule has 2 aromatic carbocycles. The number of nitrogens with two attached hydrogens (primary N) is 1. The predicted octanol–water partition coefficient (Wildman–Crippen LogP) is 4.99. The van der Waals surface area contributed by atoms with Gasteiger partial charge in [-0.3, -0.25) is 4.79 Å². The molecule has 1 aliphatic carbocycles. The average Bonchev–Trinajstić information content (AvgIpc) is 2.70. The van der Waals surface area contributed by atoms with Crippen molar-refractivity contribution in [2.45, 2.75) is 44.2 Å². The van der Waals surface area contributed by atoms with Gasteiger partial charge in [0.25, 0.3) is 5.56 Å². The number of benzene rings is 2. The van der Waals surface area contributed by atoms with Gasteiger partial charge in [0, 0.05) is 17.1 Å². The van der Waals surface area contributed by atoms with E-state index in [1.165, 1.54) is 5.56 Å². The smallest absolute Gasteiger partial charge is 0.255 e. The van der Waals surface area contributed by atoms with Crippen molar-refractivity contribution < 1.29 is 4.74 Å². The van der Waals surface area contributed by atoms with Gasteiger partial charge < -0.3 is 15.5 Å². The minimum absolute atomic E-state index is 0.111. The van der Waals surface area contributed by atoms with Crippen LogP contribution in [0.3, 0.4) is 0 Å². The van der Waals surface area contributed by atoms with Crippen molar-refractivity contribution in [1.29, 1.82) is 0 Å². The highest BCUT2D eigenvalue weighted by Crippen LogP contribution is 2.39. The summed E-state index contributed by atoms with van der Waals surface area (Å²) >= 11 is 6.38. The molecule has 3 aromatic rings. The van der Waals surface area contributed by atoms with E-state index in [1.54, 1.807) is 12.3 Å². The molecule has 1 unspecified atom stereocenters. The van der Waals surface area contributed by atoms with Crippen molar-refractivity contribution in [2.75, 3.05) is 0 Å². The third kappa shape index (κ3) is 3.67. The molecule has 1 atom stereocenters. The predicted molar refractivity (Wildman–Crippen MR) is 114 cm³/mol. The van der Waals surface area contributed by atoms with E-state index in [4.69, 9.17) is 22.1 Å². The zero-order chi connectivity index (χ0) is 19.7. The van der Waals surface area contributed by atoms with E-state index >= 15 is 0 Å². The number of hydrogen-bond acceptors (Lipinski definition) is 3. The molecule has 1 aromatic heterocycles. The summed E-state index contributed by atoms with van der Waals surface area (Å²) < 4.78 is 6.22. The monoisotopic (exact) mass is 396 g/mol. The molecule has 0 spiro atoms. The van der Waals surface area contributed by atoms with Gasteiger partial charge in [-0.25, -0.2) is 0 Å². The van der Waals surface area contributed by atoms with E-state index in [-0.39, 0.29) is 17.2 Å². The lowest BCUT2D eigenvalue weighted by Gasteiger charge is -2.39. The molecule has 1 saturated carbocycles. The van der Waals surface area contributed by atoms with Gasteiger partial charge in [0.2, 0.25) is 0 Å². The first-order chi connectivity index (χ1) is 13.4. The van der Waals surface area contributed by atoms with E-state index in [0.717, 1.165) is 31.1 Å². The van der Waals surface area contributed by atoms with Crippen LogP contribution in [0.2, 0.25) is 5.02 Å². The minimum Gasteiger partial charge on any atom is -0.489 e. The van der Waals surface area contributed by atoms with Gasteiger partial charge in [0.1, 0.15) is 5.75 Å². The second kappa shape index (κ2) is 7.61. The normalized spacial score (nSPS) is 22.0. The fourth-order valence-electron chi connectivity index (χ4n) is 4.27. The number of hydrogen-bond donors (Lipinski definition) is 2. The molecule has 0 aliphatic heterocycles. The largest absolute Gasteiger partial charge is 0.489 e. The Morgan fingerprint density at radius 1 is 1.11 bits per heavy atom. The van der Waals surface area contributed by atoms with Crippen LogP contribution in [-0.4, -0.2) is 11.1 Å². The van der Waals surface area contributed by atoms with Crippen molar-refractivity contribution in [3.05, 3.63) is 75.7 Å². The molecule has 4 nitrogen and oxygen atoms in total. The van der Waals surface area contributed by atoms with Gasteiger partial charge in [-0.2, -0.15) is 0 Å². The molecule has 1 aliphatic rings. The number of nitrogens with one attached hydrogen (secondary N) is 1. The Bertz CT molecular complexity index is 1020. The highest BCUT2D eigenvalue weighted by atomic mass is 35.5. The lowest BCUT2D eigenvalue weighted by Crippen LogP contribution is -2.44. The molecule has 0 saturated heterocycles. The summed E-state index contributed by atoms with van der Waals surface area (Å²) in [7, 11) is 0. The Kier molecular flexibility index (Phi) is 5.17. The Hall–Kier alpha value is -2.30. The Balaban J connectivity index is 1.46. The molecule has 146 valence electrons. The minimum atomic E-state index is -0.339. The van der Waals surface area contributed by atoms with Crippen LogP contribution in [0.25, 0.3) is 10.8 Å². The summed E-state index contributed by atoms with van der Waals surface area (Å²) in [6, 6.07) is 15.7. The number of H-pyrrole nitrogens is 1. The molecule has 3 N–H and O–H groups in total. The standard InChI is InChI=1S/C23H25ClN2O2/c1-23(25,16-5-3-2-4-6-16)17-7-9-18(10-8-17)28-21-13-15-11-12-26-22(27)19(15)14-20(21)24/h2-6,11-14,17-18H,7-10,25H2,1H3,(H,26,27). The van der Waals surface area contributed by atoms with Crippen LogP contribution < -0.4 is 16.0 Å². The van der Waals surface area contributed by atoms with E-state index < -0.39 is 0 Å². The van der Waals surface area contributed by atoms with Crippen LogP contribution in [-0.2, 0) is 5.54 Å². The number of halogens is 1. The van der Waals surface area contributed by atoms with Gasteiger partial charge in [-0.05, 0) is 67.7 Å². The second-order valence-corrected chi connectivity index (χ2v) is 8.32. The summed E-state index contributed by atoms with van der Waals surface area (Å²) in [6.07, 6.45) is 5.65. The van der Waals surface area contributed by atoms with Gasteiger partial charge in [0.05, 0.1) is 11.1 Å². The maximum absolute atomic E-state index is 11.9. The van der Waals surface area contributed by atoms with E-state index in [2.05, 4.69) is 24.0 Å². The molecule has 0 bridgehead atoms. The molecule has 1 heterocycles. The first-order valence-electron chi connectivity index (χ1n) is 9.77. The van der Waals surface area contributed by atoms with Crippen LogP contribution >= 0.6 is 11.6 Å². The number of fused-ring (bicyclic) bond motifs is 1. The third-order valence-corrected chi connectivity index (χ3v) is 6.33. The molecular formula is C23H25ClN2O2. The summed E-state index contributed by atoms with van der Waals surface area (Å²) in [5.74, 6) is 1.06. The van der Waals surface area contributed by atoms with Gasteiger partial charge in [-0.15, -0.1) is 0 Å². The molecule has 0 radical (unpaired) electrons. The fraction of sp³-hybridized carbons (Fsp3) is 0.348. The van der Waals surface area contributed by atoms with Crippen LogP contribution in [0.4, 0.5) is 0 Å². The Morgan fingerprint density at radius 3 is 2.54 bits per heavy atom. The summed E-state index contributed by atoms with van der Waals surface area (Å²) in [4.78, 5) is 14.6. The van der Waals surface area contributed by atoms with Gasteiger partial charge in [0.15, 0.2) is 0 Å². The highest BCUT2D eigenvalue weighted by Gasteiger charge is 2.35. The number of rotatable bonds is 4. The summed E-state index contributed by atoms with van der Waals surface area (Å²) in [5, 5.41) is 1.88. The summed E-state index contributed by atoms with van der Waals surface area (Å²) in [6.45, 7) is 2.13. The summed E-state index contributed by atoms with van der Waals surface area (Å²) in [5.41, 5.74) is 7.42. The van der Waals surface area contributed by atoms with Gasteiger partial charge in [-0.1, -0.05) is 41.9 Å². The Morgan fingerprint density at radius 2 is 1.82 bits per heavy atom. The maximum Gasteiger partial charge on any atom is 0.255 e. The first-order valence-corrected chi connectivity index (χ1v) is 10.1. The van der Waals surface area contributed by atoms with Crippen molar-refractivity contribution >= 4 is 22.4 Å². The number of ether oxygens (including phenoxy) is 1. The van der Waals surface area contributed by atoms with Crippen molar-refractivity contribution in [1.82, 2.24) is 4.98 Å². The number of pyridine rings is 1. The quantitative estimate of drug-likeness (QED) is 0.652. The van der Waals surface area contributed by atoms with Crippen molar-refractivity contribution in [2.24, 2.45) is 11.7 Å². The average molecular weight is 397 g/mol. The Labute approximate surface area is 169 Å². The zero-order valence-electron chi connectivity index (χ0n) is 16.0. The van der Waals surface area contributed by atoms with Crippen LogP contribution in [0.5, 0.6) is 5.75 Å². The lowest BCUT2D eigenvalue weighted by atomic mass is 9.72.